The van der Waals surface area contributed by atoms with Crippen LogP contribution in [0.25, 0.3) is 55.1 Å². The van der Waals surface area contributed by atoms with Crippen molar-refractivity contribution in [1.82, 2.24) is 39.1 Å². The van der Waals surface area contributed by atoms with Crippen LogP contribution in [-0.4, -0.2) is 69.9 Å². The number of benzene rings is 3. The number of imidazole rings is 1. The lowest BCUT2D eigenvalue weighted by Crippen LogP contribution is -2.44. The van der Waals surface area contributed by atoms with Gasteiger partial charge in [-0.3, -0.25) is 43.1 Å². The molecule has 1 aliphatic rings. The first-order valence-corrected chi connectivity index (χ1v) is 18.7. The maximum atomic E-state index is 13.0. The Morgan fingerprint density at radius 3 is 2.49 bits per heavy atom. The first kappa shape index (κ1) is 37.0. The summed E-state index contributed by atoms with van der Waals surface area (Å²) >= 11 is 0. The molecule has 3 amide bonds. The maximum Gasteiger partial charge on any atom is 0.328 e. The molecular weight excluding hydrogens is 721 g/mol. The van der Waals surface area contributed by atoms with Crippen molar-refractivity contribution in [3.05, 3.63) is 112 Å². The quantitative estimate of drug-likeness (QED) is 0.167. The topological polar surface area (TPSA) is 157 Å². The molecule has 7 aromatic rings. The van der Waals surface area contributed by atoms with Crippen LogP contribution in [0.5, 0.6) is 0 Å². The fourth-order valence-corrected chi connectivity index (χ4v) is 7.77. The fourth-order valence-electron chi connectivity index (χ4n) is 7.77. The van der Waals surface area contributed by atoms with Gasteiger partial charge >= 0.3 is 5.69 Å². The molecule has 0 saturated carbocycles. The highest BCUT2D eigenvalue weighted by molar-refractivity contribution is 6.03. The van der Waals surface area contributed by atoms with Gasteiger partial charge in [0.1, 0.15) is 12.4 Å². The van der Waals surface area contributed by atoms with Gasteiger partial charge < -0.3 is 10.4 Å². The summed E-state index contributed by atoms with van der Waals surface area (Å²) in [5.74, 6) is 4.38. The Bertz CT molecular complexity index is 2910. The van der Waals surface area contributed by atoms with Gasteiger partial charge in [0, 0.05) is 61.9 Å². The van der Waals surface area contributed by atoms with Gasteiger partial charge in [0.25, 0.3) is 5.91 Å². The third-order valence-corrected chi connectivity index (χ3v) is 10.8. The van der Waals surface area contributed by atoms with Gasteiger partial charge in [-0.2, -0.15) is 5.10 Å². The summed E-state index contributed by atoms with van der Waals surface area (Å²) in [6.07, 6.45) is 3.95. The third-order valence-electron chi connectivity index (χ3n) is 10.8. The highest BCUT2D eigenvalue weighted by Gasteiger charge is 2.37. The number of hydrogen-bond acceptors (Lipinski definition) is 8. The molecule has 8 rings (SSSR count). The highest BCUT2D eigenvalue weighted by atomic mass is 16.3. The average Bonchev–Trinajstić information content (AvgIpc) is 3.66. The number of likely N-dealkylation sites (tertiary alicyclic amines) is 1. The molecule has 1 unspecified atom stereocenters. The number of rotatable bonds is 7. The predicted octanol–water partition coefficient (Wildman–Crippen LogP) is 5.13. The van der Waals surface area contributed by atoms with Gasteiger partial charge in [0.15, 0.2) is 0 Å². The number of aliphatic hydroxyl groups excluding tert-OH is 1. The Kier molecular flexibility index (Phi) is 9.51. The molecular formula is C44H40N8O5. The van der Waals surface area contributed by atoms with E-state index in [1.807, 2.05) is 55.7 Å². The first-order valence-electron chi connectivity index (χ1n) is 18.7. The standard InChI is InChI=1S/C44H40N8O5/c1-25(2)32-19-29(21-38-41(32)50(4)44(57)49(38)3)30-10-6-9-27-20-36(47-23-34(27)30)28-12-14-35(46-22-28)42(55)45-17-7-8-26-11-15-37-33(18-26)40(48-51(37)5)31-13-16-39(54)52(24-53)43(31)56/h6,9-12,14-15,18-23,25,31,53H,13,16-17,24H2,1-5H3,(H,45,55). The van der Waals surface area contributed by atoms with Crippen molar-refractivity contribution in [2.75, 3.05) is 13.3 Å². The molecule has 13 nitrogen and oxygen atoms in total. The van der Waals surface area contributed by atoms with Gasteiger partial charge in [0.2, 0.25) is 11.8 Å². The van der Waals surface area contributed by atoms with Crippen LogP contribution >= 0.6 is 0 Å². The Morgan fingerprint density at radius 1 is 0.912 bits per heavy atom. The number of nitrogens with one attached hydrogen (secondary N) is 1. The van der Waals surface area contributed by atoms with Crippen LogP contribution in [0.2, 0.25) is 0 Å². The fraction of sp³-hybridized carbons (Fsp3) is 0.250. The van der Waals surface area contributed by atoms with Crippen LogP contribution < -0.4 is 11.0 Å². The highest BCUT2D eigenvalue weighted by Crippen LogP contribution is 2.36. The maximum absolute atomic E-state index is 13.0. The normalized spacial score (nSPS) is 14.5. The zero-order valence-corrected chi connectivity index (χ0v) is 32.2. The molecule has 13 heteroatoms. The van der Waals surface area contributed by atoms with Crippen molar-refractivity contribution in [1.29, 1.82) is 0 Å². The van der Waals surface area contributed by atoms with Crippen LogP contribution in [0.3, 0.4) is 0 Å². The van der Waals surface area contributed by atoms with E-state index >= 15 is 0 Å². The van der Waals surface area contributed by atoms with Crippen LogP contribution in [-0.2, 0) is 30.7 Å². The second-order valence-electron chi connectivity index (χ2n) is 14.6. The van der Waals surface area contributed by atoms with Crippen molar-refractivity contribution < 1.29 is 19.5 Å². The van der Waals surface area contributed by atoms with Crippen LogP contribution in [0, 0.1) is 11.8 Å². The molecule has 0 aliphatic carbocycles. The smallest absolute Gasteiger partial charge is 0.328 e. The number of aryl methyl sites for hydroxylation is 3. The number of pyridine rings is 2. The minimum atomic E-state index is -0.663. The van der Waals surface area contributed by atoms with Crippen molar-refractivity contribution in [3.8, 4) is 34.2 Å². The van der Waals surface area contributed by atoms with Gasteiger partial charge in [-0.25, -0.2) is 4.79 Å². The van der Waals surface area contributed by atoms with Gasteiger partial charge in [-0.1, -0.05) is 43.9 Å². The largest absolute Gasteiger partial charge is 0.376 e. The Labute approximate surface area is 327 Å². The van der Waals surface area contributed by atoms with Gasteiger partial charge in [-0.15, -0.1) is 0 Å². The van der Waals surface area contributed by atoms with Gasteiger partial charge in [0.05, 0.1) is 40.4 Å². The molecule has 57 heavy (non-hydrogen) atoms. The lowest BCUT2D eigenvalue weighted by molar-refractivity contribution is -0.153. The average molecular weight is 761 g/mol. The third kappa shape index (κ3) is 6.53. The number of hydrogen-bond donors (Lipinski definition) is 2. The van der Waals surface area contributed by atoms with E-state index in [2.05, 4.69) is 59.3 Å². The number of nitrogens with zero attached hydrogens (tertiary/aromatic N) is 7. The molecule has 1 fully saturated rings. The molecule has 0 spiro atoms. The minimum absolute atomic E-state index is 0.0566. The number of fused-ring (bicyclic) bond motifs is 3. The van der Waals surface area contributed by atoms with Gasteiger partial charge in [-0.05, 0) is 82.9 Å². The zero-order valence-electron chi connectivity index (χ0n) is 32.2. The summed E-state index contributed by atoms with van der Waals surface area (Å²) < 4.78 is 5.09. The number of imide groups is 1. The molecule has 1 atom stereocenters. The van der Waals surface area contributed by atoms with E-state index < -0.39 is 24.5 Å². The van der Waals surface area contributed by atoms with Crippen molar-refractivity contribution in [2.24, 2.45) is 21.1 Å². The molecule has 2 N–H and O–H groups in total. The molecule has 4 aromatic heterocycles. The van der Waals surface area contributed by atoms with E-state index in [9.17, 15) is 24.3 Å². The lowest BCUT2D eigenvalue weighted by atomic mass is 9.91. The summed E-state index contributed by atoms with van der Waals surface area (Å²) in [6, 6.07) is 21.4. The number of piperidine rings is 1. The zero-order chi connectivity index (χ0) is 40.1. The minimum Gasteiger partial charge on any atom is -0.376 e. The summed E-state index contributed by atoms with van der Waals surface area (Å²) in [7, 11) is 5.40. The summed E-state index contributed by atoms with van der Waals surface area (Å²) in [4.78, 5) is 60.9. The number of carbonyl (C=O) groups excluding carboxylic acids is 3. The molecule has 286 valence electrons. The van der Waals surface area contributed by atoms with Crippen molar-refractivity contribution in [3.63, 3.8) is 0 Å². The van der Waals surface area contributed by atoms with Crippen molar-refractivity contribution >= 4 is 50.4 Å². The number of aromatic nitrogens is 6. The second-order valence-corrected chi connectivity index (χ2v) is 14.6. The van der Waals surface area contributed by atoms with Crippen LogP contribution in [0.15, 0.2) is 83.9 Å². The monoisotopic (exact) mass is 760 g/mol. The lowest BCUT2D eigenvalue weighted by Gasteiger charge is -2.28. The summed E-state index contributed by atoms with van der Waals surface area (Å²) in [6.45, 7) is 3.68. The van der Waals surface area contributed by atoms with E-state index in [1.165, 1.54) is 0 Å². The Balaban J connectivity index is 0.968. The van der Waals surface area contributed by atoms with Crippen LogP contribution in [0.1, 0.15) is 65.8 Å². The van der Waals surface area contributed by atoms with E-state index in [-0.39, 0.29) is 36.2 Å². The SMILES string of the molecule is CC(C)c1cc(-c2cccc3cc(-c4ccc(C(=O)NCC#Cc5ccc6c(c5)c(C5CCC(=O)N(CO)C5=O)nn6C)nc4)ncc23)cc2c1n(C)c(=O)n2C. The predicted molar refractivity (Wildman–Crippen MR) is 217 cm³/mol. The Hall–Kier alpha value is -6.91. The van der Waals surface area contributed by atoms with E-state index in [0.717, 1.165) is 65.6 Å². The van der Waals surface area contributed by atoms with E-state index in [1.54, 1.807) is 40.2 Å². The second kappa shape index (κ2) is 14.6. The molecule has 1 aliphatic heterocycles. The summed E-state index contributed by atoms with van der Waals surface area (Å²) in [5.41, 5.74) is 8.65. The summed E-state index contributed by atoms with van der Waals surface area (Å²) in [5, 5.41) is 19.7. The molecule has 5 heterocycles. The number of aliphatic hydroxyl groups is 1. The number of carbonyl (C=O) groups is 3. The van der Waals surface area contributed by atoms with E-state index in [0.29, 0.717) is 17.7 Å². The molecule has 0 bridgehead atoms. The van der Waals surface area contributed by atoms with Crippen LogP contribution in [0.4, 0.5) is 0 Å². The van der Waals surface area contributed by atoms with Crippen molar-refractivity contribution in [2.45, 2.75) is 38.5 Å². The molecule has 3 aromatic carbocycles. The molecule has 0 radical (unpaired) electrons. The Morgan fingerprint density at radius 2 is 1.74 bits per heavy atom. The first-order chi connectivity index (χ1) is 27.4. The number of amides is 3. The molecule has 1 saturated heterocycles. The van der Waals surface area contributed by atoms with E-state index in [4.69, 9.17) is 4.98 Å².